The smallest absolute Gasteiger partial charge is 0.132 e. The predicted molar refractivity (Wildman–Crippen MR) is 78.3 cm³/mol. The fraction of sp³-hybridized carbons (Fsp3) is 0.375. The van der Waals surface area contributed by atoms with Crippen LogP contribution in [0.5, 0.6) is 5.75 Å². The van der Waals surface area contributed by atoms with Crippen molar-refractivity contribution in [2.45, 2.75) is 39.0 Å². The molecule has 0 saturated heterocycles. The molecular weight excluding hydrogens is 238 g/mol. The zero-order chi connectivity index (χ0) is 14.0. The van der Waals surface area contributed by atoms with Crippen molar-refractivity contribution in [3.8, 4) is 5.75 Å². The van der Waals surface area contributed by atoms with E-state index in [0.29, 0.717) is 0 Å². The molecule has 3 N–H and O–H groups in total. The Bertz CT molecular complexity index is 564. The third kappa shape index (κ3) is 2.88. The fourth-order valence-electron chi connectivity index (χ4n) is 2.03. The zero-order valence-electron chi connectivity index (χ0n) is 11.6. The average molecular weight is 259 g/mol. The minimum absolute atomic E-state index is 0.110. The maximum Gasteiger partial charge on any atom is 0.132 e. The van der Waals surface area contributed by atoms with Crippen molar-refractivity contribution in [3.05, 3.63) is 42.0 Å². The summed E-state index contributed by atoms with van der Waals surface area (Å²) in [6, 6.07) is 12.0. The van der Waals surface area contributed by atoms with Gasteiger partial charge >= 0.3 is 0 Å². The predicted octanol–water partition coefficient (Wildman–Crippen LogP) is 3.01. The molecule has 0 aliphatic carbocycles. The number of ether oxygens (including phenoxy) is 1. The lowest BCUT2D eigenvalue weighted by Crippen LogP contribution is -2.26. The molecule has 19 heavy (non-hydrogen) atoms. The summed E-state index contributed by atoms with van der Waals surface area (Å²) in [7, 11) is 0. The fourth-order valence-corrected chi connectivity index (χ4v) is 2.03. The maximum absolute atomic E-state index is 9.63. The Hall–Kier alpha value is -1.58. The van der Waals surface area contributed by atoms with E-state index in [1.807, 2.05) is 50.2 Å². The van der Waals surface area contributed by atoms with Crippen molar-refractivity contribution in [1.82, 2.24) is 0 Å². The normalized spacial score (nSPS) is 16.1. The van der Waals surface area contributed by atoms with Crippen LogP contribution in [-0.2, 0) is 0 Å². The van der Waals surface area contributed by atoms with Crippen LogP contribution < -0.4 is 10.5 Å². The SMILES string of the molecule is CC(N)c1ccc2ccccc2c1OC(C)C(C)O. The number of nitrogens with two attached hydrogens (primary N) is 1. The number of hydrogen-bond donors (Lipinski definition) is 2. The molecule has 2 aromatic carbocycles. The molecule has 102 valence electrons. The molecule has 0 aromatic heterocycles. The lowest BCUT2D eigenvalue weighted by Gasteiger charge is -2.22. The van der Waals surface area contributed by atoms with Gasteiger partial charge in [0.05, 0.1) is 6.10 Å². The Kier molecular flexibility index (Phi) is 4.08. The van der Waals surface area contributed by atoms with Gasteiger partial charge in [-0.25, -0.2) is 0 Å². The van der Waals surface area contributed by atoms with Crippen LogP contribution in [0.15, 0.2) is 36.4 Å². The van der Waals surface area contributed by atoms with E-state index in [1.54, 1.807) is 6.92 Å². The molecule has 0 aliphatic rings. The van der Waals surface area contributed by atoms with Gasteiger partial charge in [0.2, 0.25) is 0 Å². The van der Waals surface area contributed by atoms with Gasteiger partial charge in [0, 0.05) is 17.0 Å². The molecule has 3 atom stereocenters. The van der Waals surface area contributed by atoms with E-state index < -0.39 is 6.10 Å². The van der Waals surface area contributed by atoms with Crippen LogP contribution in [0.2, 0.25) is 0 Å². The van der Waals surface area contributed by atoms with Gasteiger partial charge in [-0.05, 0) is 26.2 Å². The van der Waals surface area contributed by atoms with Gasteiger partial charge in [-0.3, -0.25) is 0 Å². The van der Waals surface area contributed by atoms with E-state index in [1.165, 1.54) is 0 Å². The molecule has 2 aromatic rings. The summed E-state index contributed by atoms with van der Waals surface area (Å²) in [5.74, 6) is 0.779. The second kappa shape index (κ2) is 5.59. The molecule has 0 amide bonds. The van der Waals surface area contributed by atoms with Crippen molar-refractivity contribution in [1.29, 1.82) is 0 Å². The topological polar surface area (TPSA) is 55.5 Å². The average Bonchev–Trinajstić information content (AvgIpc) is 2.38. The highest BCUT2D eigenvalue weighted by molar-refractivity contribution is 5.89. The Morgan fingerprint density at radius 3 is 2.37 bits per heavy atom. The Morgan fingerprint density at radius 2 is 1.74 bits per heavy atom. The summed E-state index contributed by atoms with van der Waals surface area (Å²) in [6.07, 6.45) is -0.803. The number of aliphatic hydroxyl groups is 1. The van der Waals surface area contributed by atoms with Crippen LogP contribution in [0.1, 0.15) is 32.4 Å². The van der Waals surface area contributed by atoms with Gasteiger partial charge < -0.3 is 15.6 Å². The Morgan fingerprint density at radius 1 is 1.05 bits per heavy atom. The molecule has 3 heteroatoms. The standard InChI is InChI=1S/C16H21NO2/c1-10(17)14-9-8-13-6-4-5-7-15(13)16(14)19-12(3)11(2)18/h4-12,18H,17H2,1-3H3. The van der Waals surface area contributed by atoms with E-state index >= 15 is 0 Å². The summed E-state index contributed by atoms with van der Waals surface area (Å²) < 4.78 is 5.95. The summed E-state index contributed by atoms with van der Waals surface area (Å²) in [5, 5.41) is 11.8. The first kappa shape index (κ1) is 13.8. The first-order valence-corrected chi connectivity index (χ1v) is 6.62. The second-order valence-corrected chi connectivity index (χ2v) is 5.06. The molecule has 3 unspecified atom stereocenters. The number of fused-ring (bicyclic) bond motifs is 1. The highest BCUT2D eigenvalue weighted by Gasteiger charge is 2.17. The van der Waals surface area contributed by atoms with Crippen LogP contribution in [0.25, 0.3) is 10.8 Å². The van der Waals surface area contributed by atoms with Gasteiger partial charge in [0.15, 0.2) is 0 Å². The van der Waals surface area contributed by atoms with Crippen molar-refractivity contribution in [2.75, 3.05) is 0 Å². The van der Waals surface area contributed by atoms with Crippen molar-refractivity contribution in [3.63, 3.8) is 0 Å². The lowest BCUT2D eigenvalue weighted by atomic mass is 10.0. The van der Waals surface area contributed by atoms with Gasteiger partial charge in [0.25, 0.3) is 0 Å². The van der Waals surface area contributed by atoms with Crippen molar-refractivity contribution >= 4 is 10.8 Å². The van der Waals surface area contributed by atoms with Crippen molar-refractivity contribution in [2.24, 2.45) is 5.73 Å². The molecule has 0 saturated carbocycles. The third-order valence-electron chi connectivity index (χ3n) is 3.38. The van der Waals surface area contributed by atoms with Gasteiger partial charge in [-0.2, -0.15) is 0 Å². The summed E-state index contributed by atoms with van der Waals surface area (Å²) in [4.78, 5) is 0. The van der Waals surface area contributed by atoms with Gasteiger partial charge in [-0.1, -0.05) is 36.4 Å². The van der Waals surface area contributed by atoms with Crippen LogP contribution >= 0.6 is 0 Å². The third-order valence-corrected chi connectivity index (χ3v) is 3.38. The van der Waals surface area contributed by atoms with Crippen LogP contribution in [0.3, 0.4) is 0 Å². The molecule has 0 heterocycles. The maximum atomic E-state index is 9.63. The van der Waals surface area contributed by atoms with E-state index in [-0.39, 0.29) is 12.1 Å². The van der Waals surface area contributed by atoms with E-state index in [0.717, 1.165) is 22.1 Å². The lowest BCUT2D eigenvalue weighted by molar-refractivity contribution is 0.0607. The molecule has 2 rings (SSSR count). The van der Waals surface area contributed by atoms with Crippen molar-refractivity contribution < 1.29 is 9.84 Å². The zero-order valence-corrected chi connectivity index (χ0v) is 11.6. The van der Waals surface area contributed by atoms with E-state index in [2.05, 4.69) is 0 Å². The molecule has 0 radical (unpaired) electrons. The minimum Gasteiger partial charge on any atom is -0.487 e. The number of aliphatic hydroxyl groups excluding tert-OH is 1. The Balaban J connectivity index is 2.56. The molecule has 3 nitrogen and oxygen atoms in total. The summed E-state index contributed by atoms with van der Waals surface area (Å²) in [5.41, 5.74) is 6.98. The minimum atomic E-state index is -0.528. The van der Waals surface area contributed by atoms with Crippen LogP contribution in [0, 0.1) is 0 Å². The van der Waals surface area contributed by atoms with Gasteiger partial charge in [-0.15, -0.1) is 0 Å². The monoisotopic (exact) mass is 259 g/mol. The highest BCUT2D eigenvalue weighted by atomic mass is 16.5. The van der Waals surface area contributed by atoms with Gasteiger partial charge in [0.1, 0.15) is 11.9 Å². The quantitative estimate of drug-likeness (QED) is 0.887. The number of benzene rings is 2. The summed E-state index contributed by atoms with van der Waals surface area (Å²) >= 11 is 0. The van der Waals surface area contributed by atoms with Crippen LogP contribution in [0.4, 0.5) is 0 Å². The first-order chi connectivity index (χ1) is 9.00. The number of hydrogen-bond acceptors (Lipinski definition) is 3. The second-order valence-electron chi connectivity index (χ2n) is 5.06. The highest BCUT2D eigenvalue weighted by Crippen LogP contribution is 2.33. The first-order valence-electron chi connectivity index (χ1n) is 6.62. The molecule has 0 spiro atoms. The van der Waals surface area contributed by atoms with E-state index in [9.17, 15) is 5.11 Å². The van der Waals surface area contributed by atoms with E-state index in [4.69, 9.17) is 10.5 Å². The summed E-state index contributed by atoms with van der Waals surface area (Å²) in [6.45, 7) is 5.52. The molecule has 0 aliphatic heterocycles. The molecule has 0 bridgehead atoms. The molecule has 0 fully saturated rings. The van der Waals surface area contributed by atoms with Crippen LogP contribution in [-0.4, -0.2) is 17.3 Å². The number of rotatable bonds is 4. The Labute approximate surface area is 114 Å². The molecular formula is C16H21NO2. The largest absolute Gasteiger partial charge is 0.487 e.